The molecule has 1 heterocycles. The summed E-state index contributed by atoms with van der Waals surface area (Å²) in [4.78, 5) is 6.31. The molecule has 0 radical (unpaired) electrons. The van der Waals surface area contributed by atoms with Crippen molar-refractivity contribution >= 4 is 12.4 Å². The number of halogens is 4. The topological polar surface area (TPSA) is 51.8 Å². The highest BCUT2D eigenvalue weighted by atomic mass is 35.5. The van der Waals surface area contributed by atoms with Crippen molar-refractivity contribution in [2.24, 2.45) is 5.73 Å². The van der Waals surface area contributed by atoms with Crippen molar-refractivity contribution in [1.29, 1.82) is 0 Å². The molecule has 1 aromatic heterocycles. The largest absolute Gasteiger partial charge is 0.451 e. The van der Waals surface area contributed by atoms with Gasteiger partial charge in [0.15, 0.2) is 0 Å². The first kappa shape index (κ1) is 13.1. The van der Waals surface area contributed by atoms with E-state index in [0.29, 0.717) is 5.56 Å². The number of hydrogen-bond acceptors (Lipinski definition) is 3. The van der Waals surface area contributed by atoms with Crippen LogP contribution in [0.15, 0.2) is 12.4 Å². The first-order valence-electron chi connectivity index (χ1n) is 3.56. The second kappa shape index (κ2) is 4.56. The molecule has 1 unspecified atom stereocenters. The summed E-state index contributed by atoms with van der Waals surface area (Å²) in [6, 6.07) is -0.359. The Morgan fingerprint density at radius 3 is 2.00 bits per heavy atom. The summed E-state index contributed by atoms with van der Waals surface area (Å²) >= 11 is 0. The molecule has 2 N–H and O–H groups in total. The molecule has 0 aromatic carbocycles. The van der Waals surface area contributed by atoms with Crippen molar-refractivity contribution in [3.8, 4) is 0 Å². The van der Waals surface area contributed by atoms with Crippen LogP contribution in [0.4, 0.5) is 13.2 Å². The molecule has 14 heavy (non-hydrogen) atoms. The number of alkyl halides is 3. The van der Waals surface area contributed by atoms with E-state index in [9.17, 15) is 13.2 Å². The van der Waals surface area contributed by atoms with Crippen LogP contribution in [-0.2, 0) is 6.18 Å². The minimum absolute atomic E-state index is 0. The monoisotopic (exact) mass is 227 g/mol. The summed E-state index contributed by atoms with van der Waals surface area (Å²) in [5.74, 6) is -1.14. The standard InChI is InChI=1S/C7H8F3N3.ClH/c1-4(11)5-2-12-6(13-3-5)7(8,9)10;/h2-4H,11H2,1H3;1H. The Morgan fingerprint density at radius 2 is 1.71 bits per heavy atom. The van der Waals surface area contributed by atoms with Gasteiger partial charge in [-0.05, 0) is 6.92 Å². The molecule has 0 fully saturated rings. The molecule has 0 amide bonds. The predicted molar refractivity (Wildman–Crippen MR) is 46.9 cm³/mol. The lowest BCUT2D eigenvalue weighted by molar-refractivity contribution is -0.145. The summed E-state index contributed by atoms with van der Waals surface area (Å²) in [6.45, 7) is 1.64. The molecule has 1 atom stereocenters. The molecule has 0 spiro atoms. The second-order valence-electron chi connectivity index (χ2n) is 2.63. The molecule has 3 nitrogen and oxygen atoms in total. The maximum absolute atomic E-state index is 12.0. The van der Waals surface area contributed by atoms with Crippen molar-refractivity contribution in [2.45, 2.75) is 19.1 Å². The van der Waals surface area contributed by atoms with Gasteiger partial charge in [0, 0.05) is 24.0 Å². The van der Waals surface area contributed by atoms with E-state index in [1.54, 1.807) is 6.92 Å². The van der Waals surface area contributed by atoms with Crippen molar-refractivity contribution in [2.75, 3.05) is 0 Å². The van der Waals surface area contributed by atoms with Crippen molar-refractivity contribution in [3.05, 3.63) is 23.8 Å². The third kappa shape index (κ3) is 3.12. The average Bonchev–Trinajstić information content (AvgIpc) is 2.03. The van der Waals surface area contributed by atoms with Gasteiger partial charge in [0.25, 0.3) is 0 Å². The van der Waals surface area contributed by atoms with Gasteiger partial charge in [-0.3, -0.25) is 0 Å². The van der Waals surface area contributed by atoms with Crippen LogP contribution in [0, 0.1) is 0 Å². The molecular weight excluding hydrogens is 219 g/mol. The Bertz CT molecular complexity index is 283. The molecule has 80 valence electrons. The smallest absolute Gasteiger partial charge is 0.324 e. The lowest BCUT2D eigenvalue weighted by Gasteiger charge is -2.06. The Kier molecular flexibility index (Phi) is 4.28. The van der Waals surface area contributed by atoms with Crippen LogP contribution in [0.1, 0.15) is 24.4 Å². The third-order valence-corrected chi connectivity index (χ3v) is 1.45. The van der Waals surface area contributed by atoms with E-state index >= 15 is 0 Å². The van der Waals surface area contributed by atoms with Gasteiger partial charge >= 0.3 is 6.18 Å². The van der Waals surface area contributed by atoms with Crippen molar-refractivity contribution in [3.63, 3.8) is 0 Å². The summed E-state index contributed by atoms with van der Waals surface area (Å²) in [5, 5.41) is 0. The van der Waals surface area contributed by atoms with Gasteiger partial charge in [-0.2, -0.15) is 13.2 Å². The zero-order valence-electron chi connectivity index (χ0n) is 7.25. The highest BCUT2D eigenvalue weighted by Crippen LogP contribution is 2.25. The zero-order valence-corrected chi connectivity index (χ0v) is 8.06. The lowest BCUT2D eigenvalue weighted by Crippen LogP contribution is -2.13. The van der Waals surface area contributed by atoms with E-state index in [2.05, 4.69) is 9.97 Å². The van der Waals surface area contributed by atoms with Gasteiger partial charge in [0.2, 0.25) is 5.82 Å². The van der Waals surface area contributed by atoms with E-state index in [1.165, 1.54) is 0 Å². The molecule has 0 aliphatic carbocycles. The highest BCUT2D eigenvalue weighted by molar-refractivity contribution is 5.85. The number of nitrogens with zero attached hydrogens (tertiary/aromatic N) is 2. The Labute approximate surface area is 85.0 Å². The van der Waals surface area contributed by atoms with E-state index in [-0.39, 0.29) is 18.4 Å². The summed E-state index contributed by atoms with van der Waals surface area (Å²) < 4.78 is 35.9. The molecular formula is C7H9ClF3N3. The van der Waals surface area contributed by atoms with Gasteiger partial charge in [0.1, 0.15) is 0 Å². The van der Waals surface area contributed by atoms with E-state index in [1.807, 2.05) is 0 Å². The minimum Gasteiger partial charge on any atom is -0.324 e. The summed E-state index contributed by atoms with van der Waals surface area (Å²) in [5.41, 5.74) is 5.89. The van der Waals surface area contributed by atoms with Crippen LogP contribution >= 0.6 is 12.4 Å². The predicted octanol–water partition coefficient (Wildman–Crippen LogP) is 1.94. The van der Waals surface area contributed by atoms with E-state index in [4.69, 9.17) is 5.73 Å². The SMILES string of the molecule is CC(N)c1cnc(C(F)(F)F)nc1.Cl. The van der Waals surface area contributed by atoms with E-state index in [0.717, 1.165) is 12.4 Å². The highest BCUT2D eigenvalue weighted by Gasteiger charge is 2.34. The first-order valence-corrected chi connectivity index (χ1v) is 3.56. The van der Waals surface area contributed by atoms with Gasteiger partial charge < -0.3 is 5.73 Å². The quantitative estimate of drug-likeness (QED) is 0.798. The number of hydrogen-bond donors (Lipinski definition) is 1. The fourth-order valence-electron chi connectivity index (χ4n) is 0.720. The second-order valence-corrected chi connectivity index (χ2v) is 2.63. The number of aromatic nitrogens is 2. The maximum atomic E-state index is 12.0. The molecule has 0 bridgehead atoms. The van der Waals surface area contributed by atoms with Gasteiger partial charge in [-0.25, -0.2) is 9.97 Å². The third-order valence-electron chi connectivity index (χ3n) is 1.45. The van der Waals surface area contributed by atoms with Gasteiger partial charge in [-0.1, -0.05) is 0 Å². The minimum atomic E-state index is -4.49. The molecule has 1 aromatic rings. The van der Waals surface area contributed by atoms with Crippen molar-refractivity contribution in [1.82, 2.24) is 9.97 Å². The molecule has 0 saturated carbocycles. The van der Waals surface area contributed by atoms with Crippen LogP contribution in [0.3, 0.4) is 0 Å². The maximum Gasteiger partial charge on any atom is 0.451 e. The van der Waals surface area contributed by atoms with Crippen molar-refractivity contribution < 1.29 is 13.2 Å². The average molecular weight is 228 g/mol. The van der Waals surface area contributed by atoms with Crippen LogP contribution < -0.4 is 5.73 Å². The Balaban J connectivity index is 0.00000169. The molecule has 0 aliphatic rings. The lowest BCUT2D eigenvalue weighted by atomic mass is 10.2. The number of nitrogens with two attached hydrogens (primary N) is 1. The Morgan fingerprint density at radius 1 is 1.29 bits per heavy atom. The van der Waals surface area contributed by atoms with E-state index < -0.39 is 12.0 Å². The fourth-order valence-corrected chi connectivity index (χ4v) is 0.720. The molecule has 0 saturated heterocycles. The molecule has 1 rings (SSSR count). The summed E-state index contributed by atoms with van der Waals surface area (Å²) in [7, 11) is 0. The van der Waals surface area contributed by atoms with Crippen LogP contribution in [0.2, 0.25) is 0 Å². The van der Waals surface area contributed by atoms with Crippen LogP contribution in [-0.4, -0.2) is 9.97 Å². The first-order chi connectivity index (χ1) is 5.91. The molecule has 0 aliphatic heterocycles. The normalized spacial score (nSPS) is 13.2. The molecule has 7 heteroatoms. The Hall–Kier alpha value is -0.880. The van der Waals surface area contributed by atoms with Crippen LogP contribution in [0.5, 0.6) is 0 Å². The zero-order chi connectivity index (χ0) is 10.1. The van der Waals surface area contributed by atoms with Gasteiger partial charge in [0.05, 0.1) is 0 Å². The van der Waals surface area contributed by atoms with Gasteiger partial charge in [-0.15, -0.1) is 12.4 Å². The fraction of sp³-hybridized carbons (Fsp3) is 0.429. The van der Waals surface area contributed by atoms with Crippen LogP contribution in [0.25, 0.3) is 0 Å². The number of rotatable bonds is 1. The summed E-state index contributed by atoms with van der Waals surface area (Å²) in [6.07, 6.45) is -2.32.